The Balaban J connectivity index is 0.808. The highest BCUT2D eigenvalue weighted by Crippen LogP contribution is 2.44. The molecule has 0 radical (unpaired) electrons. The monoisotopic (exact) mass is 1390 g/mol. The summed E-state index contributed by atoms with van der Waals surface area (Å²) in [7, 11) is 2.88. The van der Waals surface area contributed by atoms with Crippen molar-refractivity contribution in [3.8, 4) is 41.1 Å². The largest absolute Gasteiger partial charge is 0.493 e. The number of amides is 4. The summed E-state index contributed by atoms with van der Waals surface area (Å²) in [5.41, 5.74) is 2.57. The summed E-state index contributed by atoms with van der Waals surface area (Å²) in [5.74, 6) is 1.09. The topological polar surface area (TPSA) is 379 Å². The molecule has 2 unspecified atom stereocenters. The number of aliphatic hydroxyl groups excluding tert-OH is 8. The Morgan fingerprint density at radius 3 is 1.52 bits per heavy atom. The molecule has 100 heavy (non-hydrogen) atoms. The van der Waals surface area contributed by atoms with Gasteiger partial charge < -0.3 is 103 Å². The van der Waals surface area contributed by atoms with Crippen LogP contribution in [0.25, 0.3) is 0 Å². The molecular formula is C71H84N4O25. The maximum absolute atomic E-state index is 14.5. The van der Waals surface area contributed by atoms with E-state index in [0.29, 0.717) is 59.3 Å². The highest BCUT2D eigenvalue weighted by atomic mass is 16.7. The minimum absolute atomic E-state index is 0.00348. The quantitative estimate of drug-likeness (QED) is 0.0172. The van der Waals surface area contributed by atoms with E-state index in [1.807, 2.05) is 0 Å². The standard InChI is InChI=1S/C71H84N4O25/c1-7-19-92-21-12-14-52(77)46-28-42(16-18-56(46)100-69-63(83)61(81)54(79)37-96-69)34-97-70(88)74-47-30-57(40(4)26-43(47)64(84)72-32-38(2)24-49(72)66(74)86)93-22-9-8-10-23-94-59-31-48-44(29-58(59)91-6)65(85)73-33-39(3)25-50(73)67(87)75(48)71(89)98-35-41-15-17-55(45(27-41)51(76)13-11-20-90-5)99-68-62(82)60(80)53(78)36-95-68/h1,15-18,26-31,49-50,53-54,60-63,66-69,78-83,86-87H,2-3,8-14,19-25,32-37H2,4-6H3/t49-,50-,53+,54+,60-,61-,62+,63+,66?,67?,68-,69-/m0/s1. The molecule has 29 heteroatoms. The van der Waals surface area contributed by atoms with Gasteiger partial charge in [0.05, 0.1) is 79.2 Å². The SMILES string of the molecule is C#CCOCCCC(=O)c1cc(COC(=O)N2c3cc(OCCCCCOc4cc5c(cc4OC)C(=O)N4CC(=C)C[C@H]4C(O)N5C(=O)OCc4ccc(O[C@@H]5OC[C@@H](O)[C@H](O)[C@H]5O)c(C(=O)CCCOC)c4)c(C)cc3C(=O)N3CC(=C)C[C@H]3C2O)ccc1O[C@@H]1OC[C@@H](O)[C@H](O)[C@H]1O. The number of Topliss-reactive ketones (excluding diaryl/α,β-unsaturated/α-hetero) is 2. The Morgan fingerprint density at radius 2 is 1.04 bits per heavy atom. The van der Waals surface area contributed by atoms with Crippen LogP contribution in [0.1, 0.15) is 116 Å². The zero-order chi connectivity index (χ0) is 71.6. The fourth-order valence-electron chi connectivity index (χ4n) is 12.7. The Labute approximate surface area is 576 Å². The van der Waals surface area contributed by atoms with Crippen molar-refractivity contribution in [3.05, 3.63) is 124 Å². The van der Waals surface area contributed by atoms with Crippen LogP contribution in [0.4, 0.5) is 21.0 Å². The minimum Gasteiger partial charge on any atom is -0.493 e. The van der Waals surface area contributed by atoms with Crippen LogP contribution in [0.5, 0.6) is 28.7 Å². The number of aliphatic hydroxyl groups is 8. The first-order valence-electron chi connectivity index (χ1n) is 32.8. The number of aryl methyl sites for hydroxylation is 1. The van der Waals surface area contributed by atoms with Gasteiger partial charge in [-0.3, -0.25) is 19.2 Å². The lowest BCUT2D eigenvalue weighted by Gasteiger charge is -2.35. The molecule has 4 fully saturated rings. The molecule has 0 saturated carbocycles. The number of carbonyl (C=O) groups is 6. The van der Waals surface area contributed by atoms with E-state index in [0.717, 1.165) is 9.80 Å². The number of rotatable bonds is 28. The number of ketones is 2. The third-order valence-electron chi connectivity index (χ3n) is 18.0. The Morgan fingerprint density at radius 1 is 0.570 bits per heavy atom. The summed E-state index contributed by atoms with van der Waals surface area (Å²) in [6.07, 6.45) is -9.83. The summed E-state index contributed by atoms with van der Waals surface area (Å²) >= 11 is 0. The zero-order valence-electron chi connectivity index (χ0n) is 55.6. The molecule has 0 spiro atoms. The number of methoxy groups -OCH3 is 2. The molecule has 0 bridgehead atoms. The van der Waals surface area contributed by atoms with Crippen molar-refractivity contribution in [1.29, 1.82) is 0 Å². The van der Waals surface area contributed by atoms with Crippen molar-refractivity contribution >= 4 is 46.9 Å². The fraction of sp³-hybridized carbons (Fsp3) is 0.493. The van der Waals surface area contributed by atoms with Gasteiger partial charge in [0, 0.05) is 58.4 Å². The lowest BCUT2D eigenvalue weighted by Crippen LogP contribution is -2.54. The maximum atomic E-state index is 14.5. The number of carbonyl (C=O) groups excluding carboxylic acids is 6. The first kappa shape index (κ1) is 74.0. The van der Waals surface area contributed by atoms with E-state index in [9.17, 15) is 69.6 Å². The lowest BCUT2D eigenvalue weighted by molar-refractivity contribution is -0.242. The Bertz CT molecular complexity index is 3750. The van der Waals surface area contributed by atoms with Crippen molar-refractivity contribution in [2.24, 2.45) is 0 Å². The van der Waals surface area contributed by atoms with Gasteiger partial charge in [0.2, 0.25) is 12.6 Å². The summed E-state index contributed by atoms with van der Waals surface area (Å²) < 4.78 is 63.1. The predicted molar refractivity (Wildman–Crippen MR) is 352 cm³/mol. The molecule has 10 rings (SSSR count). The van der Waals surface area contributed by atoms with Gasteiger partial charge in [-0.05, 0) is 105 Å². The van der Waals surface area contributed by atoms with Crippen molar-refractivity contribution in [1.82, 2.24) is 9.80 Å². The molecule has 0 aromatic heterocycles. The van der Waals surface area contributed by atoms with E-state index in [4.69, 9.17) is 58.5 Å². The van der Waals surface area contributed by atoms with Gasteiger partial charge in [-0.2, -0.15) is 0 Å². The summed E-state index contributed by atoms with van der Waals surface area (Å²) in [4.78, 5) is 89.9. The van der Waals surface area contributed by atoms with E-state index in [1.165, 1.54) is 78.6 Å². The number of unbranched alkanes of at least 4 members (excludes halogenated alkanes) is 2. The van der Waals surface area contributed by atoms with E-state index in [1.54, 1.807) is 13.0 Å². The second kappa shape index (κ2) is 33.2. The molecule has 4 aromatic carbocycles. The highest BCUT2D eigenvalue weighted by Gasteiger charge is 2.49. The first-order valence-corrected chi connectivity index (χ1v) is 32.8. The van der Waals surface area contributed by atoms with Crippen LogP contribution in [0, 0.1) is 19.3 Å². The summed E-state index contributed by atoms with van der Waals surface area (Å²) in [6.45, 7) is 9.21. The van der Waals surface area contributed by atoms with E-state index < -0.39 is 123 Å². The molecule has 0 aliphatic carbocycles. The van der Waals surface area contributed by atoms with Crippen molar-refractivity contribution < 1.29 is 122 Å². The second-order valence-electron chi connectivity index (χ2n) is 25.2. The molecule has 8 N–H and O–H groups in total. The first-order chi connectivity index (χ1) is 48.0. The molecule has 6 aliphatic rings. The van der Waals surface area contributed by atoms with E-state index >= 15 is 0 Å². The number of anilines is 2. The third-order valence-corrected chi connectivity index (χ3v) is 18.0. The molecule has 4 amide bonds. The summed E-state index contributed by atoms with van der Waals surface area (Å²) in [6, 6.07) is 12.8. The smallest absolute Gasteiger partial charge is 0.416 e. The van der Waals surface area contributed by atoms with Crippen LogP contribution in [0.3, 0.4) is 0 Å². The molecular weight excluding hydrogens is 1310 g/mol. The Kier molecular flexibility index (Phi) is 24.5. The number of hydrogen-bond donors (Lipinski definition) is 8. The molecule has 6 aliphatic heterocycles. The van der Waals surface area contributed by atoms with Gasteiger partial charge in [-0.1, -0.05) is 42.4 Å². The lowest BCUT2D eigenvalue weighted by atomic mass is 10.0. The zero-order valence-corrected chi connectivity index (χ0v) is 55.6. The van der Waals surface area contributed by atoms with Gasteiger partial charge in [-0.25, -0.2) is 19.4 Å². The molecule has 6 heterocycles. The van der Waals surface area contributed by atoms with E-state index in [-0.39, 0.29) is 148 Å². The van der Waals surface area contributed by atoms with Crippen molar-refractivity contribution in [2.45, 2.75) is 152 Å². The number of fused-ring (bicyclic) bond motifs is 4. The van der Waals surface area contributed by atoms with Gasteiger partial charge in [0.1, 0.15) is 73.7 Å². The van der Waals surface area contributed by atoms with Crippen LogP contribution in [0.15, 0.2) is 85.0 Å². The van der Waals surface area contributed by atoms with Gasteiger partial charge in [-0.15, -0.1) is 6.42 Å². The Hall–Kier alpha value is -8.74. The van der Waals surface area contributed by atoms with Crippen LogP contribution in [-0.2, 0) is 41.6 Å². The van der Waals surface area contributed by atoms with Crippen LogP contribution < -0.4 is 33.5 Å². The van der Waals surface area contributed by atoms with Crippen molar-refractivity contribution in [2.75, 3.05) is 83.4 Å². The summed E-state index contributed by atoms with van der Waals surface area (Å²) in [5, 5.41) is 86.0. The minimum atomic E-state index is -1.67. The number of terminal acetylenes is 1. The molecule has 4 saturated heterocycles. The van der Waals surface area contributed by atoms with Gasteiger partial charge in [0.15, 0.2) is 35.5 Å². The molecule has 538 valence electrons. The number of hydrogen-bond acceptors (Lipinski definition) is 25. The van der Waals surface area contributed by atoms with Gasteiger partial charge >= 0.3 is 12.2 Å². The van der Waals surface area contributed by atoms with E-state index in [2.05, 4.69) is 19.1 Å². The average Bonchev–Trinajstić information content (AvgIpc) is 1.60. The number of ether oxygens (including phenoxy) is 11. The van der Waals surface area contributed by atoms with Crippen LogP contribution in [-0.4, -0.2) is 234 Å². The van der Waals surface area contributed by atoms with Crippen LogP contribution >= 0.6 is 0 Å². The van der Waals surface area contributed by atoms with Gasteiger partial charge in [0.25, 0.3) is 11.8 Å². The third kappa shape index (κ3) is 16.5. The molecule has 29 nitrogen and oxygen atoms in total. The highest BCUT2D eigenvalue weighted by molar-refractivity contribution is 6.07. The number of nitrogens with zero attached hydrogens (tertiary/aromatic N) is 4. The predicted octanol–water partition coefficient (Wildman–Crippen LogP) is 3.98. The number of benzene rings is 4. The average molecular weight is 1390 g/mol. The molecule has 12 atom stereocenters. The fourth-order valence-corrected chi connectivity index (χ4v) is 12.7. The normalized spacial score (nSPS) is 24.8. The van der Waals surface area contributed by atoms with Crippen molar-refractivity contribution in [3.63, 3.8) is 0 Å². The maximum Gasteiger partial charge on any atom is 0.416 e. The van der Waals surface area contributed by atoms with Crippen LogP contribution in [0.2, 0.25) is 0 Å². The molecule has 4 aromatic rings. The second-order valence-corrected chi connectivity index (χ2v) is 25.2.